The van der Waals surface area contributed by atoms with Gasteiger partial charge < -0.3 is 5.32 Å². The van der Waals surface area contributed by atoms with E-state index in [1.807, 2.05) is 12.1 Å². The van der Waals surface area contributed by atoms with Gasteiger partial charge in [0.2, 0.25) is 0 Å². The fourth-order valence-electron chi connectivity index (χ4n) is 2.54. The van der Waals surface area contributed by atoms with Gasteiger partial charge in [0.05, 0.1) is 10.7 Å². The number of carbonyl (C=O) groups excluding carboxylic acids is 1. The van der Waals surface area contributed by atoms with Gasteiger partial charge in [0.1, 0.15) is 0 Å². The maximum absolute atomic E-state index is 12.4. The number of benzene rings is 1. The highest BCUT2D eigenvalue weighted by Crippen LogP contribution is 2.47. The monoisotopic (exact) mass is 303 g/mol. The molecule has 1 aromatic carbocycles. The molecule has 2 aliphatic rings. The predicted octanol–water partition coefficient (Wildman–Crippen LogP) is 2.41. The molecule has 0 radical (unpaired) electrons. The van der Waals surface area contributed by atoms with Crippen molar-refractivity contribution in [3.8, 4) is 0 Å². The van der Waals surface area contributed by atoms with Crippen LogP contribution in [0.15, 0.2) is 18.2 Å². The summed E-state index contributed by atoms with van der Waals surface area (Å²) in [6.45, 7) is 0. The molecule has 2 saturated carbocycles. The van der Waals surface area contributed by atoms with Crippen molar-refractivity contribution in [2.24, 2.45) is 5.92 Å². The van der Waals surface area contributed by atoms with Gasteiger partial charge in [-0.25, -0.2) is 0 Å². The minimum absolute atomic E-state index is 0.0547. The Hall–Kier alpha value is -1.95. The lowest BCUT2D eigenvalue weighted by Crippen LogP contribution is -2.06. The van der Waals surface area contributed by atoms with Crippen LogP contribution in [-0.2, 0) is 0 Å². The van der Waals surface area contributed by atoms with Crippen molar-refractivity contribution in [3.63, 3.8) is 0 Å². The first-order valence-corrected chi connectivity index (χ1v) is 7.44. The molecular formula is C14H14ClN5O. The second-order valence-corrected chi connectivity index (χ2v) is 6.10. The van der Waals surface area contributed by atoms with Crippen molar-refractivity contribution in [2.75, 3.05) is 5.32 Å². The van der Waals surface area contributed by atoms with E-state index in [1.165, 1.54) is 12.8 Å². The second-order valence-electron chi connectivity index (χ2n) is 5.70. The Kier molecular flexibility index (Phi) is 2.92. The summed E-state index contributed by atoms with van der Waals surface area (Å²) in [6, 6.07) is 6.01. The molecule has 108 valence electrons. The standard InChI is InChI=1S/C14H14ClN5O/c15-11-5-7(1-4-12(11)16-8-2-3-8)13(21)9-6-10(9)14-17-19-20-18-14/h1,4-5,8-10,16H,2-3,6H2,(H,17,18,19,20)/t9-,10-/m0/s1. The van der Waals surface area contributed by atoms with Crippen LogP contribution in [0.5, 0.6) is 0 Å². The number of aromatic amines is 1. The van der Waals surface area contributed by atoms with Crippen LogP contribution in [0.25, 0.3) is 0 Å². The first kappa shape index (κ1) is 12.8. The summed E-state index contributed by atoms with van der Waals surface area (Å²) in [7, 11) is 0. The number of hydrogen-bond donors (Lipinski definition) is 2. The Morgan fingerprint density at radius 3 is 2.90 bits per heavy atom. The summed E-state index contributed by atoms with van der Waals surface area (Å²) in [6.07, 6.45) is 3.15. The second kappa shape index (κ2) is 4.80. The molecule has 1 heterocycles. The molecule has 0 unspecified atom stereocenters. The first-order valence-electron chi connectivity index (χ1n) is 7.06. The van der Waals surface area contributed by atoms with Gasteiger partial charge in [0, 0.05) is 23.4 Å². The smallest absolute Gasteiger partial charge is 0.178 e. The number of carbonyl (C=O) groups is 1. The van der Waals surface area contributed by atoms with Gasteiger partial charge in [0.15, 0.2) is 11.6 Å². The fourth-order valence-corrected chi connectivity index (χ4v) is 2.78. The highest BCUT2D eigenvalue weighted by molar-refractivity contribution is 6.33. The maximum Gasteiger partial charge on any atom is 0.178 e. The predicted molar refractivity (Wildman–Crippen MR) is 77.5 cm³/mol. The van der Waals surface area contributed by atoms with Gasteiger partial charge in [0.25, 0.3) is 0 Å². The zero-order chi connectivity index (χ0) is 14.4. The molecule has 0 bridgehead atoms. The number of Topliss-reactive ketones (excluding diaryl/α,β-unsaturated/α-hetero) is 1. The number of tetrazole rings is 1. The van der Waals surface area contributed by atoms with E-state index in [4.69, 9.17) is 11.6 Å². The van der Waals surface area contributed by atoms with Crippen LogP contribution >= 0.6 is 11.6 Å². The molecule has 2 aliphatic carbocycles. The zero-order valence-corrected chi connectivity index (χ0v) is 12.0. The van der Waals surface area contributed by atoms with Crippen molar-refractivity contribution in [2.45, 2.75) is 31.2 Å². The summed E-state index contributed by atoms with van der Waals surface area (Å²) in [5, 5.41) is 17.8. The summed E-state index contributed by atoms with van der Waals surface area (Å²) in [4.78, 5) is 12.4. The highest BCUT2D eigenvalue weighted by Gasteiger charge is 2.46. The minimum atomic E-state index is -0.0547. The topological polar surface area (TPSA) is 83.6 Å². The van der Waals surface area contributed by atoms with Crippen molar-refractivity contribution < 1.29 is 4.79 Å². The van der Waals surface area contributed by atoms with Crippen LogP contribution in [0.2, 0.25) is 5.02 Å². The number of H-pyrrole nitrogens is 1. The number of nitrogens with zero attached hydrogens (tertiary/aromatic N) is 3. The van der Waals surface area contributed by atoms with Gasteiger partial charge in [-0.2, -0.15) is 5.21 Å². The average molecular weight is 304 g/mol. The molecular weight excluding hydrogens is 290 g/mol. The number of halogens is 1. The molecule has 0 spiro atoms. The molecule has 2 aromatic rings. The van der Waals surface area contributed by atoms with E-state index in [1.54, 1.807) is 6.07 Å². The van der Waals surface area contributed by atoms with Gasteiger partial charge in [-0.3, -0.25) is 4.79 Å². The number of ketones is 1. The lowest BCUT2D eigenvalue weighted by atomic mass is 10.1. The third-order valence-electron chi connectivity index (χ3n) is 4.01. The quantitative estimate of drug-likeness (QED) is 0.829. The number of hydrogen-bond acceptors (Lipinski definition) is 5. The van der Waals surface area contributed by atoms with Crippen LogP contribution in [0, 0.1) is 5.92 Å². The highest BCUT2D eigenvalue weighted by atomic mass is 35.5. The Bertz CT molecular complexity index is 683. The molecule has 7 heteroatoms. The number of aromatic nitrogens is 4. The van der Waals surface area contributed by atoms with Gasteiger partial charge >= 0.3 is 0 Å². The Morgan fingerprint density at radius 1 is 1.38 bits per heavy atom. The number of anilines is 1. The summed E-state index contributed by atoms with van der Waals surface area (Å²) in [5.41, 5.74) is 1.55. The lowest BCUT2D eigenvalue weighted by Gasteiger charge is -2.08. The van der Waals surface area contributed by atoms with Crippen molar-refractivity contribution in [3.05, 3.63) is 34.6 Å². The normalized spacial score (nSPS) is 23.9. The Labute approximate surface area is 126 Å². The molecule has 4 rings (SSSR count). The number of rotatable bonds is 5. The zero-order valence-electron chi connectivity index (χ0n) is 11.2. The van der Waals surface area contributed by atoms with Crippen molar-refractivity contribution in [1.29, 1.82) is 0 Å². The third-order valence-corrected chi connectivity index (χ3v) is 4.32. The van der Waals surface area contributed by atoms with Gasteiger partial charge in [-0.15, -0.1) is 10.2 Å². The van der Waals surface area contributed by atoms with E-state index in [9.17, 15) is 4.79 Å². The molecule has 2 atom stereocenters. The van der Waals surface area contributed by atoms with E-state index in [2.05, 4.69) is 25.9 Å². The molecule has 2 fully saturated rings. The SMILES string of the molecule is O=C(c1ccc(NC2CC2)c(Cl)c1)[C@H]1C[C@@H]1c1nn[nH]n1. The fraction of sp³-hybridized carbons (Fsp3) is 0.429. The minimum Gasteiger partial charge on any atom is -0.381 e. The molecule has 21 heavy (non-hydrogen) atoms. The molecule has 6 nitrogen and oxygen atoms in total. The first-order chi connectivity index (χ1) is 10.2. The van der Waals surface area contributed by atoms with Crippen molar-refractivity contribution >= 4 is 23.1 Å². The molecule has 2 N–H and O–H groups in total. The van der Waals surface area contributed by atoms with E-state index in [-0.39, 0.29) is 17.6 Å². The van der Waals surface area contributed by atoms with Crippen LogP contribution < -0.4 is 5.32 Å². The Morgan fingerprint density at radius 2 is 2.24 bits per heavy atom. The van der Waals surface area contributed by atoms with Crippen LogP contribution in [0.3, 0.4) is 0 Å². The maximum atomic E-state index is 12.4. The van der Waals surface area contributed by atoms with E-state index in [0.717, 1.165) is 12.1 Å². The van der Waals surface area contributed by atoms with E-state index < -0.39 is 0 Å². The molecule has 0 saturated heterocycles. The van der Waals surface area contributed by atoms with Gasteiger partial charge in [-0.1, -0.05) is 16.8 Å². The number of nitrogens with one attached hydrogen (secondary N) is 2. The summed E-state index contributed by atoms with van der Waals surface area (Å²) in [5.74, 6) is 0.747. The summed E-state index contributed by atoms with van der Waals surface area (Å²) >= 11 is 6.25. The van der Waals surface area contributed by atoms with Crippen molar-refractivity contribution in [1.82, 2.24) is 20.6 Å². The lowest BCUT2D eigenvalue weighted by molar-refractivity contribution is 0.0965. The molecule has 0 amide bonds. The largest absolute Gasteiger partial charge is 0.381 e. The average Bonchev–Trinajstić information content (AvgIpc) is 3.41. The van der Waals surface area contributed by atoms with Crippen LogP contribution in [-0.4, -0.2) is 32.4 Å². The summed E-state index contributed by atoms with van der Waals surface area (Å²) < 4.78 is 0. The van der Waals surface area contributed by atoms with E-state index in [0.29, 0.717) is 22.5 Å². The molecule has 1 aromatic heterocycles. The van der Waals surface area contributed by atoms with E-state index >= 15 is 0 Å². The third kappa shape index (κ3) is 2.51. The van der Waals surface area contributed by atoms with Crippen LogP contribution in [0.1, 0.15) is 41.4 Å². The van der Waals surface area contributed by atoms with Crippen LogP contribution in [0.4, 0.5) is 5.69 Å². The Balaban J connectivity index is 1.48. The van der Waals surface area contributed by atoms with Gasteiger partial charge in [-0.05, 0) is 37.5 Å². The molecule has 0 aliphatic heterocycles.